The van der Waals surface area contributed by atoms with Crippen LogP contribution in [-0.2, 0) is 6.54 Å². The fraction of sp³-hybridized carbons (Fsp3) is 0.278. The van der Waals surface area contributed by atoms with Gasteiger partial charge < -0.3 is 20.5 Å². The Kier molecular flexibility index (Phi) is 5.25. The first-order valence-corrected chi connectivity index (χ1v) is 8.63. The Morgan fingerprint density at radius 3 is 2.79 bits per heavy atom. The van der Waals surface area contributed by atoms with Crippen LogP contribution in [0.4, 0.5) is 5.69 Å². The van der Waals surface area contributed by atoms with E-state index in [0.29, 0.717) is 25.7 Å². The lowest BCUT2D eigenvalue weighted by molar-refractivity contribution is 0.297. The zero-order valence-corrected chi connectivity index (χ0v) is 15.1. The lowest BCUT2D eigenvalue weighted by Gasteiger charge is -2.11. The van der Waals surface area contributed by atoms with E-state index in [1.807, 2.05) is 24.3 Å². The second-order valence-corrected chi connectivity index (χ2v) is 6.49. The van der Waals surface area contributed by atoms with Gasteiger partial charge in [0.1, 0.15) is 0 Å². The minimum atomic E-state index is 0.359. The van der Waals surface area contributed by atoms with Gasteiger partial charge in [-0.1, -0.05) is 33.6 Å². The molecule has 0 fully saturated rings. The van der Waals surface area contributed by atoms with Gasteiger partial charge in [-0.15, -0.1) is 0 Å². The number of nitrogens with two attached hydrogens (primary N) is 1. The third-order valence-corrected chi connectivity index (χ3v) is 4.41. The van der Waals surface area contributed by atoms with Gasteiger partial charge >= 0.3 is 0 Å². The van der Waals surface area contributed by atoms with Crippen molar-refractivity contribution < 1.29 is 9.47 Å². The molecule has 2 aromatic carbocycles. The number of aliphatic imine (C=N–C) groups is 1. The molecule has 6 heteroatoms. The van der Waals surface area contributed by atoms with Gasteiger partial charge in [0.2, 0.25) is 0 Å². The van der Waals surface area contributed by atoms with Crippen LogP contribution in [0.25, 0.3) is 0 Å². The fourth-order valence-corrected chi connectivity index (χ4v) is 2.80. The van der Waals surface area contributed by atoms with Crippen LogP contribution in [0, 0.1) is 6.92 Å². The number of halogens is 1. The molecular weight excluding hydrogens is 370 g/mol. The maximum Gasteiger partial charge on any atom is 0.193 e. The van der Waals surface area contributed by atoms with E-state index in [1.165, 1.54) is 5.56 Å². The minimum absolute atomic E-state index is 0.359. The van der Waals surface area contributed by atoms with Crippen molar-refractivity contribution in [3.8, 4) is 11.5 Å². The Morgan fingerprint density at radius 2 is 1.96 bits per heavy atom. The molecule has 0 radical (unpaired) electrons. The summed E-state index contributed by atoms with van der Waals surface area (Å²) in [6.45, 7) is 3.89. The summed E-state index contributed by atoms with van der Waals surface area (Å²) < 4.78 is 12.3. The van der Waals surface area contributed by atoms with Crippen LogP contribution in [0.2, 0.25) is 0 Å². The maximum absolute atomic E-state index is 6.00. The molecule has 3 rings (SSSR count). The molecule has 0 amide bonds. The third-order valence-electron chi connectivity index (χ3n) is 3.64. The van der Waals surface area contributed by atoms with Crippen LogP contribution in [-0.4, -0.2) is 19.2 Å². The summed E-state index contributed by atoms with van der Waals surface area (Å²) in [4.78, 5) is 4.40. The van der Waals surface area contributed by atoms with Gasteiger partial charge in [-0.05, 0) is 30.7 Å². The quantitative estimate of drug-likeness (QED) is 0.617. The van der Waals surface area contributed by atoms with E-state index in [4.69, 9.17) is 15.2 Å². The summed E-state index contributed by atoms with van der Waals surface area (Å²) in [5.74, 6) is 1.85. The van der Waals surface area contributed by atoms with Gasteiger partial charge in [0, 0.05) is 22.6 Å². The lowest BCUT2D eigenvalue weighted by Crippen LogP contribution is -2.22. The van der Waals surface area contributed by atoms with Gasteiger partial charge in [-0.2, -0.15) is 0 Å². The van der Waals surface area contributed by atoms with Crippen LogP contribution in [0.1, 0.15) is 17.5 Å². The topological polar surface area (TPSA) is 68.9 Å². The molecule has 3 N–H and O–H groups in total. The number of nitrogens with one attached hydrogen (secondary N) is 1. The summed E-state index contributed by atoms with van der Waals surface area (Å²) in [6.07, 6.45) is 0.881. The number of rotatable bonds is 3. The highest BCUT2D eigenvalue weighted by Gasteiger charge is 2.11. The van der Waals surface area contributed by atoms with E-state index in [-0.39, 0.29) is 0 Å². The van der Waals surface area contributed by atoms with Crippen LogP contribution >= 0.6 is 15.9 Å². The van der Waals surface area contributed by atoms with Crippen molar-refractivity contribution in [2.24, 2.45) is 10.7 Å². The third kappa shape index (κ3) is 4.20. The van der Waals surface area contributed by atoms with Crippen molar-refractivity contribution in [3.05, 3.63) is 52.0 Å². The number of hydrogen-bond acceptors (Lipinski definition) is 3. The summed E-state index contributed by atoms with van der Waals surface area (Å²) >= 11 is 3.54. The van der Waals surface area contributed by atoms with Crippen molar-refractivity contribution in [3.63, 3.8) is 0 Å². The number of anilines is 1. The molecule has 0 spiro atoms. The van der Waals surface area contributed by atoms with Crippen LogP contribution < -0.4 is 20.5 Å². The Morgan fingerprint density at radius 1 is 1.17 bits per heavy atom. The van der Waals surface area contributed by atoms with Crippen LogP contribution in [0.5, 0.6) is 11.5 Å². The minimum Gasteiger partial charge on any atom is -0.490 e. The van der Waals surface area contributed by atoms with Crippen molar-refractivity contribution in [1.29, 1.82) is 0 Å². The number of fused-ring (bicyclic) bond motifs is 1. The van der Waals surface area contributed by atoms with E-state index in [2.05, 4.69) is 45.3 Å². The second kappa shape index (κ2) is 7.57. The first kappa shape index (κ1) is 16.6. The standard InChI is InChI=1S/C18H20BrN3O2/c1-12-3-5-15(19)13(9-12)11-21-18(20)22-14-4-6-16-17(10-14)24-8-2-7-23-16/h3-6,9-10H,2,7-8,11H2,1H3,(H3,20,21,22). The molecule has 2 aromatic rings. The molecule has 24 heavy (non-hydrogen) atoms. The molecular formula is C18H20BrN3O2. The van der Waals surface area contributed by atoms with Gasteiger partial charge in [-0.3, -0.25) is 0 Å². The number of benzene rings is 2. The highest BCUT2D eigenvalue weighted by Crippen LogP contribution is 2.32. The fourth-order valence-electron chi connectivity index (χ4n) is 2.42. The zero-order valence-electron chi connectivity index (χ0n) is 13.5. The molecule has 0 aromatic heterocycles. The Hall–Kier alpha value is -2.21. The SMILES string of the molecule is Cc1ccc(Br)c(CN=C(N)Nc2ccc3c(c2)OCCCO3)c1. The predicted octanol–water partition coefficient (Wildman–Crippen LogP) is 3.85. The predicted molar refractivity (Wildman–Crippen MR) is 99.9 cm³/mol. The Balaban J connectivity index is 1.69. The maximum atomic E-state index is 6.00. The smallest absolute Gasteiger partial charge is 0.193 e. The van der Waals surface area contributed by atoms with E-state index >= 15 is 0 Å². The Labute approximate surface area is 150 Å². The van der Waals surface area contributed by atoms with E-state index in [9.17, 15) is 0 Å². The highest BCUT2D eigenvalue weighted by molar-refractivity contribution is 9.10. The van der Waals surface area contributed by atoms with E-state index in [1.54, 1.807) is 0 Å². The first-order chi connectivity index (χ1) is 11.6. The number of nitrogens with zero attached hydrogens (tertiary/aromatic N) is 1. The van der Waals surface area contributed by atoms with Crippen molar-refractivity contribution in [1.82, 2.24) is 0 Å². The molecule has 0 saturated carbocycles. The van der Waals surface area contributed by atoms with Gasteiger partial charge in [0.25, 0.3) is 0 Å². The zero-order chi connectivity index (χ0) is 16.9. The number of guanidine groups is 1. The molecule has 1 aliphatic heterocycles. The summed E-state index contributed by atoms with van der Waals surface area (Å²) in [5, 5.41) is 3.09. The van der Waals surface area contributed by atoms with Crippen molar-refractivity contribution in [2.45, 2.75) is 19.9 Å². The lowest BCUT2D eigenvalue weighted by atomic mass is 10.1. The van der Waals surface area contributed by atoms with Crippen LogP contribution in [0.3, 0.4) is 0 Å². The average Bonchev–Trinajstić information content (AvgIpc) is 2.80. The average molecular weight is 390 g/mol. The van der Waals surface area contributed by atoms with Crippen molar-refractivity contribution in [2.75, 3.05) is 18.5 Å². The first-order valence-electron chi connectivity index (χ1n) is 7.83. The summed E-state index contributed by atoms with van der Waals surface area (Å²) in [5.41, 5.74) is 9.11. The molecule has 1 heterocycles. The molecule has 126 valence electrons. The normalized spacial score (nSPS) is 14.2. The highest BCUT2D eigenvalue weighted by atomic mass is 79.9. The molecule has 0 atom stereocenters. The van der Waals surface area contributed by atoms with Gasteiger partial charge in [-0.25, -0.2) is 4.99 Å². The van der Waals surface area contributed by atoms with Gasteiger partial charge in [0.15, 0.2) is 17.5 Å². The number of ether oxygens (including phenoxy) is 2. The molecule has 0 aliphatic carbocycles. The number of aryl methyl sites for hydroxylation is 1. The molecule has 0 saturated heterocycles. The second-order valence-electron chi connectivity index (χ2n) is 5.63. The van der Waals surface area contributed by atoms with Crippen molar-refractivity contribution >= 4 is 27.6 Å². The monoisotopic (exact) mass is 389 g/mol. The molecule has 0 bridgehead atoms. The number of hydrogen-bond donors (Lipinski definition) is 2. The molecule has 0 unspecified atom stereocenters. The molecule has 1 aliphatic rings. The largest absolute Gasteiger partial charge is 0.490 e. The Bertz CT molecular complexity index is 762. The summed E-state index contributed by atoms with van der Waals surface area (Å²) in [7, 11) is 0. The molecule has 5 nitrogen and oxygen atoms in total. The van der Waals surface area contributed by atoms with Gasteiger partial charge in [0.05, 0.1) is 19.8 Å². The van der Waals surface area contributed by atoms with E-state index in [0.717, 1.165) is 33.6 Å². The van der Waals surface area contributed by atoms with E-state index < -0.39 is 0 Å². The van der Waals surface area contributed by atoms with Crippen LogP contribution in [0.15, 0.2) is 45.9 Å². The summed E-state index contributed by atoms with van der Waals surface area (Å²) in [6, 6.07) is 11.8.